The minimum Gasteiger partial charge on any atom is -0.350 e. The molecule has 5 heteroatoms. The van der Waals surface area contributed by atoms with Crippen LogP contribution in [0.3, 0.4) is 0 Å². The first-order chi connectivity index (χ1) is 12.4. The summed E-state index contributed by atoms with van der Waals surface area (Å²) in [6.07, 6.45) is 3.55. The molecule has 2 fully saturated rings. The van der Waals surface area contributed by atoms with E-state index in [1.807, 2.05) is 17.0 Å². The number of amides is 2. The number of carbonyl (C=O) groups is 2. The summed E-state index contributed by atoms with van der Waals surface area (Å²) in [5.41, 5.74) is 1.22. The zero-order chi connectivity index (χ0) is 18.8. The van der Waals surface area contributed by atoms with E-state index in [4.69, 9.17) is 0 Å². The Balaban J connectivity index is 1.73. The van der Waals surface area contributed by atoms with E-state index >= 15 is 0 Å². The van der Waals surface area contributed by atoms with E-state index in [2.05, 4.69) is 54.2 Å². The fourth-order valence-corrected chi connectivity index (χ4v) is 4.31. The van der Waals surface area contributed by atoms with Gasteiger partial charge in [-0.15, -0.1) is 0 Å². The van der Waals surface area contributed by atoms with Crippen LogP contribution in [0.5, 0.6) is 0 Å². The molecular formula is C21H29BrN2O2. The predicted molar refractivity (Wildman–Crippen MR) is 107 cm³/mol. The molecule has 4 nitrogen and oxygen atoms in total. The highest BCUT2D eigenvalue weighted by molar-refractivity contribution is 9.10. The number of carbonyl (C=O) groups excluding carboxylic acids is 2. The van der Waals surface area contributed by atoms with Crippen LogP contribution < -0.4 is 5.32 Å². The molecule has 2 aliphatic rings. The summed E-state index contributed by atoms with van der Waals surface area (Å²) >= 11 is 3.46. The molecule has 0 spiro atoms. The van der Waals surface area contributed by atoms with Gasteiger partial charge in [-0.3, -0.25) is 9.59 Å². The van der Waals surface area contributed by atoms with Gasteiger partial charge in [0.2, 0.25) is 11.8 Å². The van der Waals surface area contributed by atoms with Gasteiger partial charge in [-0.1, -0.05) is 55.3 Å². The van der Waals surface area contributed by atoms with Gasteiger partial charge in [0.1, 0.15) is 6.04 Å². The number of piperazine rings is 1. The Morgan fingerprint density at radius 1 is 1.31 bits per heavy atom. The van der Waals surface area contributed by atoms with E-state index in [1.54, 1.807) is 0 Å². The zero-order valence-corrected chi connectivity index (χ0v) is 17.5. The van der Waals surface area contributed by atoms with Crippen LogP contribution in [0.15, 0.2) is 28.7 Å². The summed E-state index contributed by atoms with van der Waals surface area (Å²) in [6, 6.07) is 8.02. The second kappa shape index (κ2) is 8.12. The second-order valence-corrected chi connectivity index (χ2v) is 9.05. The highest BCUT2D eigenvalue weighted by Crippen LogP contribution is 2.49. The minimum absolute atomic E-state index is 0.0255. The summed E-state index contributed by atoms with van der Waals surface area (Å²) in [5.74, 6) is 0.895. The summed E-state index contributed by atoms with van der Waals surface area (Å²) in [4.78, 5) is 27.8. The zero-order valence-electron chi connectivity index (χ0n) is 15.9. The van der Waals surface area contributed by atoms with Crippen LogP contribution in [-0.2, 0) is 9.59 Å². The Hall–Kier alpha value is -1.36. The molecule has 1 aromatic carbocycles. The number of nitrogens with one attached hydrogen (secondary N) is 1. The minimum atomic E-state index is -0.318. The SMILES string of the molecule is CCC[C@H]1CN(C(=O)[C@@H]2C[C@H]2c2ccc(Br)cc2)[C@@H](CC(C)C)C(=O)N1. The van der Waals surface area contributed by atoms with Crippen molar-refractivity contribution in [1.29, 1.82) is 0 Å². The van der Waals surface area contributed by atoms with Crippen molar-refractivity contribution in [2.24, 2.45) is 11.8 Å². The Morgan fingerprint density at radius 3 is 2.62 bits per heavy atom. The topological polar surface area (TPSA) is 49.4 Å². The lowest BCUT2D eigenvalue weighted by Crippen LogP contribution is -2.62. The lowest BCUT2D eigenvalue weighted by molar-refractivity contribution is -0.146. The van der Waals surface area contributed by atoms with Gasteiger partial charge >= 0.3 is 0 Å². The molecule has 2 amide bonds. The first-order valence-corrected chi connectivity index (χ1v) is 10.6. The first kappa shape index (κ1) is 19.4. The number of hydrogen-bond acceptors (Lipinski definition) is 2. The van der Waals surface area contributed by atoms with E-state index in [0.717, 1.165) is 30.2 Å². The van der Waals surface area contributed by atoms with Crippen molar-refractivity contribution in [3.05, 3.63) is 34.3 Å². The normalized spacial score (nSPS) is 28.2. The Kier molecular flexibility index (Phi) is 6.06. The molecule has 0 unspecified atom stereocenters. The predicted octanol–water partition coefficient (Wildman–Crippen LogP) is 4.09. The molecular weight excluding hydrogens is 392 g/mol. The highest BCUT2D eigenvalue weighted by Gasteiger charge is 2.49. The van der Waals surface area contributed by atoms with Gasteiger partial charge in [0.25, 0.3) is 0 Å². The van der Waals surface area contributed by atoms with Crippen LogP contribution in [0.25, 0.3) is 0 Å². The Morgan fingerprint density at radius 2 is 2.00 bits per heavy atom. The van der Waals surface area contributed by atoms with E-state index < -0.39 is 0 Å². The summed E-state index contributed by atoms with van der Waals surface area (Å²) < 4.78 is 1.05. The maximum absolute atomic E-state index is 13.2. The number of nitrogens with zero attached hydrogens (tertiary/aromatic N) is 1. The first-order valence-electron chi connectivity index (χ1n) is 9.77. The third-order valence-electron chi connectivity index (χ3n) is 5.46. The lowest BCUT2D eigenvalue weighted by Gasteiger charge is -2.40. The quantitative estimate of drug-likeness (QED) is 0.752. The molecule has 1 heterocycles. The molecule has 1 saturated heterocycles. The third-order valence-corrected chi connectivity index (χ3v) is 5.99. The van der Waals surface area contributed by atoms with Gasteiger partial charge in [0.15, 0.2) is 0 Å². The molecule has 0 radical (unpaired) electrons. The van der Waals surface area contributed by atoms with Crippen molar-refractivity contribution in [3.63, 3.8) is 0 Å². The maximum Gasteiger partial charge on any atom is 0.243 e. The Bertz CT molecular complexity index is 658. The average Bonchev–Trinajstić information content (AvgIpc) is 3.38. The molecule has 1 N–H and O–H groups in total. The summed E-state index contributed by atoms with van der Waals surface area (Å²) in [5, 5.41) is 3.13. The largest absolute Gasteiger partial charge is 0.350 e. The third kappa shape index (κ3) is 4.30. The van der Waals surface area contributed by atoms with Crippen LogP contribution in [0, 0.1) is 11.8 Å². The van der Waals surface area contributed by atoms with Gasteiger partial charge in [-0.2, -0.15) is 0 Å². The van der Waals surface area contributed by atoms with Crippen LogP contribution in [0.4, 0.5) is 0 Å². The fourth-order valence-electron chi connectivity index (χ4n) is 4.04. The van der Waals surface area contributed by atoms with Crippen molar-refractivity contribution in [3.8, 4) is 0 Å². The average molecular weight is 421 g/mol. The molecule has 0 bridgehead atoms. The summed E-state index contributed by atoms with van der Waals surface area (Å²) in [6.45, 7) is 6.98. The van der Waals surface area contributed by atoms with Crippen molar-refractivity contribution in [2.75, 3.05) is 6.54 Å². The fraction of sp³-hybridized carbons (Fsp3) is 0.619. The summed E-state index contributed by atoms with van der Waals surface area (Å²) in [7, 11) is 0. The van der Waals surface area contributed by atoms with Crippen molar-refractivity contribution < 1.29 is 9.59 Å². The van der Waals surface area contributed by atoms with E-state index in [9.17, 15) is 9.59 Å². The van der Waals surface area contributed by atoms with Crippen molar-refractivity contribution in [2.45, 2.75) is 64.5 Å². The molecule has 1 saturated carbocycles. The van der Waals surface area contributed by atoms with Crippen LogP contribution >= 0.6 is 15.9 Å². The van der Waals surface area contributed by atoms with Crippen LogP contribution in [0.2, 0.25) is 0 Å². The Labute approximate surface area is 164 Å². The van der Waals surface area contributed by atoms with Crippen LogP contribution in [-0.4, -0.2) is 35.3 Å². The standard InChI is InChI=1S/C21H29BrN2O2/c1-4-5-16-12-24(19(10-13(2)3)20(25)23-16)21(26)18-11-17(18)14-6-8-15(22)9-7-14/h6-9,13,16-19H,4-5,10-12H2,1-3H3,(H,23,25)/t16-,17-,18+,19-/m0/s1. The molecule has 142 valence electrons. The lowest BCUT2D eigenvalue weighted by atomic mass is 9.96. The van der Waals surface area contributed by atoms with Gasteiger partial charge in [0.05, 0.1) is 0 Å². The molecule has 1 aliphatic carbocycles. The number of hydrogen-bond donors (Lipinski definition) is 1. The maximum atomic E-state index is 13.2. The van der Waals surface area contributed by atoms with Gasteiger partial charge in [-0.25, -0.2) is 0 Å². The number of benzene rings is 1. The van der Waals surface area contributed by atoms with E-state index in [0.29, 0.717) is 18.4 Å². The second-order valence-electron chi connectivity index (χ2n) is 8.13. The highest BCUT2D eigenvalue weighted by atomic mass is 79.9. The number of halogens is 1. The molecule has 4 atom stereocenters. The van der Waals surface area contributed by atoms with E-state index in [1.165, 1.54) is 5.56 Å². The van der Waals surface area contributed by atoms with Crippen molar-refractivity contribution in [1.82, 2.24) is 10.2 Å². The van der Waals surface area contributed by atoms with Crippen LogP contribution in [0.1, 0.15) is 57.9 Å². The van der Waals surface area contributed by atoms with E-state index in [-0.39, 0.29) is 29.8 Å². The smallest absolute Gasteiger partial charge is 0.243 e. The van der Waals surface area contributed by atoms with Gasteiger partial charge in [-0.05, 0) is 48.8 Å². The van der Waals surface area contributed by atoms with Gasteiger partial charge < -0.3 is 10.2 Å². The molecule has 1 aromatic rings. The molecule has 3 rings (SSSR count). The number of rotatable bonds is 6. The molecule has 0 aromatic heterocycles. The van der Waals surface area contributed by atoms with Crippen molar-refractivity contribution >= 4 is 27.7 Å². The van der Waals surface area contributed by atoms with Gasteiger partial charge in [0, 0.05) is 23.0 Å². The molecule has 1 aliphatic heterocycles. The molecule has 26 heavy (non-hydrogen) atoms. The monoisotopic (exact) mass is 420 g/mol.